The van der Waals surface area contributed by atoms with Gasteiger partial charge in [-0.15, -0.1) is 0 Å². The SMILES string of the molecule is NOC(=O)C(CCC(=O)c1ccc(N)cc1)c1ccccc1. The van der Waals surface area contributed by atoms with Gasteiger partial charge in [0.25, 0.3) is 0 Å². The molecule has 0 bridgehead atoms. The molecule has 0 aliphatic heterocycles. The average Bonchev–Trinajstić information content (AvgIpc) is 2.56. The second kappa shape index (κ2) is 7.38. The van der Waals surface area contributed by atoms with E-state index in [0.717, 1.165) is 5.56 Å². The lowest BCUT2D eigenvalue weighted by atomic mass is 9.92. The standard InChI is InChI=1S/C17H18N2O3/c18-14-8-6-13(7-9-14)16(20)11-10-15(17(21)22-19)12-4-2-1-3-5-12/h1-9,15H,10-11,18-19H2. The number of nitrogens with two attached hydrogens (primary N) is 2. The summed E-state index contributed by atoms with van der Waals surface area (Å²) in [7, 11) is 0. The molecule has 0 aliphatic rings. The first-order valence-corrected chi connectivity index (χ1v) is 6.96. The number of carbonyl (C=O) groups is 2. The zero-order chi connectivity index (χ0) is 15.9. The Kier molecular flexibility index (Phi) is 5.27. The van der Waals surface area contributed by atoms with E-state index in [1.807, 2.05) is 30.3 Å². The van der Waals surface area contributed by atoms with Crippen LogP contribution in [0.25, 0.3) is 0 Å². The summed E-state index contributed by atoms with van der Waals surface area (Å²) in [4.78, 5) is 28.4. The predicted molar refractivity (Wildman–Crippen MR) is 83.9 cm³/mol. The molecular weight excluding hydrogens is 280 g/mol. The van der Waals surface area contributed by atoms with Gasteiger partial charge < -0.3 is 10.6 Å². The van der Waals surface area contributed by atoms with Crippen molar-refractivity contribution in [1.82, 2.24) is 0 Å². The Morgan fingerprint density at radius 3 is 2.23 bits per heavy atom. The minimum Gasteiger partial charge on any atom is -0.399 e. The van der Waals surface area contributed by atoms with Crippen LogP contribution in [0.1, 0.15) is 34.7 Å². The van der Waals surface area contributed by atoms with Gasteiger partial charge in [-0.1, -0.05) is 30.3 Å². The van der Waals surface area contributed by atoms with Gasteiger partial charge in [-0.25, -0.2) is 4.79 Å². The number of rotatable bonds is 6. The van der Waals surface area contributed by atoms with Gasteiger partial charge in [0.05, 0.1) is 5.92 Å². The molecule has 0 spiro atoms. The second-order valence-electron chi connectivity index (χ2n) is 4.98. The van der Waals surface area contributed by atoms with E-state index in [-0.39, 0.29) is 12.2 Å². The minimum absolute atomic E-state index is 0.0502. The summed E-state index contributed by atoms with van der Waals surface area (Å²) in [5.41, 5.74) is 7.55. The van der Waals surface area contributed by atoms with Gasteiger partial charge in [-0.3, -0.25) is 4.79 Å². The number of hydrogen-bond donors (Lipinski definition) is 2. The van der Waals surface area contributed by atoms with Crippen molar-refractivity contribution in [2.45, 2.75) is 18.8 Å². The van der Waals surface area contributed by atoms with Crippen LogP contribution in [0.15, 0.2) is 54.6 Å². The van der Waals surface area contributed by atoms with E-state index in [1.165, 1.54) is 0 Å². The van der Waals surface area contributed by atoms with Crippen LogP contribution in [0, 0.1) is 0 Å². The van der Waals surface area contributed by atoms with Gasteiger partial charge >= 0.3 is 5.97 Å². The molecule has 1 atom stereocenters. The molecule has 0 amide bonds. The molecule has 0 fully saturated rings. The van der Waals surface area contributed by atoms with Gasteiger partial charge in [0.15, 0.2) is 5.78 Å². The van der Waals surface area contributed by atoms with E-state index in [1.54, 1.807) is 24.3 Å². The molecule has 0 aromatic heterocycles. The largest absolute Gasteiger partial charge is 0.399 e. The highest BCUT2D eigenvalue weighted by Gasteiger charge is 2.23. The number of anilines is 1. The third kappa shape index (κ3) is 3.93. The number of Topliss-reactive ketones (excluding diaryl/α,β-unsaturated/α-hetero) is 1. The van der Waals surface area contributed by atoms with Crippen molar-refractivity contribution in [3.05, 3.63) is 65.7 Å². The van der Waals surface area contributed by atoms with Gasteiger partial charge in [0, 0.05) is 17.7 Å². The number of hydrogen-bond acceptors (Lipinski definition) is 5. The van der Waals surface area contributed by atoms with E-state index in [2.05, 4.69) is 4.84 Å². The van der Waals surface area contributed by atoms with Gasteiger partial charge in [0.2, 0.25) is 0 Å². The molecule has 2 aromatic rings. The molecule has 0 saturated carbocycles. The van der Waals surface area contributed by atoms with Gasteiger partial charge in [-0.05, 0) is 36.2 Å². The monoisotopic (exact) mass is 298 g/mol. The minimum atomic E-state index is -0.552. The summed E-state index contributed by atoms with van der Waals surface area (Å²) < 4.78 is 0. The van der Waals surface area contributed by atoms with Gasteiger partial charge in [0.1, 0.15) is 0 Å². The van der Waals surface area contributed by atoms with E-state index in [4.69, 9.17) is 11.6 Å². The zero-order valence-electron chi connectivity index (χ0n) is 12.1. The van der Waals surface area contributed by atoms with Crippen molar-refractivity contribution in [2.24, 2.45) is 5.90 Å². The maximum Gasteiger partial charge on any atom is 0.331 e. The quantitative estimate of drug-likeness (QED) is 0.485. The molecule has 5 nitrogen and oxygen atoms in total. The smallest absolute Gasteiger partial charge is 0.331 e. The highest BCUT2D eigenvalue weighted by Crippen LogP contribution is 2.23. The summed E-state index contributed by atoms with van der Waals surface area (Å²) in [6, 6.07) is 15.8. The van der Waals surface area contributed by atoms with Crippen molar-refractivity contribution in [3.8, 4) is 0 Å². The van der Waals surface area contributed by atoms with Crippen LogP contribution in [0.3, 0.4) is 0 Å². The average molecular weight is 298 g/mol. The highest BCUT2D eigenvalue weighted by atomic mass is 16.7. The number of nitrogen functional groups attached to an aromatic ring is 1. The first-order chi connectivity index (χ1) is 10.6. The summed E-state index contributed by atoms with van der Waals surface area (Å²) in [6.45, 7) is 0. The first kappa shape index (κ1) is 15.7. The van der Waals surface area contributed by atoms with E-state index in [9.17, 15) is 9.59 Å². The van der Waals surface area contributed by atoms with Crippen LogP contribution in [-0.4, -0.2) is 11.8 Å². The molecule has 0 aliphatic carbocycles. The Bertz CT molecular complexity index is 639. The molecular formula is C17H18N2O3. The van der Waals surface area contributed by atoms with Crippen LogP contribution in [0.4, 0.5) is 5.69 Å². The van der Waals surface area contributed by atoms with Crippen molar-refractivity contribution < 1.29 is 14.4 Å². The lowest BCUT2D eigenvalue weighted by Crippen LogP contribution is -2.20. The van der Waals surface area contributed by atoms with E-state index >= 15 is 0 Å². The zero-order valence-corrected chi connectivity index (χ0v) is 12.1. The summed E-state index contributed by atoms with van der Waals surface area (Å²) in [6.07, 6.45) is 0.557. The van der Waals surface area contributed by atoms with Crippen molar-refractivity contribution in [1.29, 1.82) is 0 Å². The molecule has 2 aromatic carbocycles. The second-order valence-corrected chi connectivity index (χ2v) is 4.98. The summed E-state index contributed by atoms with van der Waals surface area (Å²) >= 11 is 0. The topological polar surface area (TPSA) is 95.4 Å². The maximum atomic E-state index is 12.2. The van der Waals surface area contributed by atoms with Crippen LogP contribution in [0.2, 0.25) is 0 Å². The Morgan fingerprint density at radius 1 is 1.00 bits per heavy atom. The molecule has 5 heteroatoms. The molecule has 2 rings (SSSR count). The first-order valence-electron chi connectivity index (χ1n) is 6.96. The third-order valence-electron chi connectivity index (χ3n) is 3.50. The lowest BCUT2D eigenvalue weighted by Gasteiger charge is -2.14. The van der Waals surface area contributed by atoms with Crippen LogP contribution >= 0.6 is 0 Å². The maximum absolute atomic E-state index is 12.2. The van der Waals surface area contributed by atoms with E-state index < -0.39 is 11.9 Å². The van der Waals surface area contributed by atoms with Crippen LogP contribution in [0.5, 0.6) is 0 Å². The number of carbonyl (C=O) groups excluding carboxylic acids is 2. The Balaban J connectivity index is 2.07. The normalized spacial score (nSPS) is 11.7. The summed E-state index contributed by atoms with van der Waals surface area (Å²) in [5.74, 6) is 3.85. The predicted octanol–water partition coefficient (Wildman–Crippen LogP) is 2.43. The fourth-order valence-corrected chi connectivity index (χ4v) is 2.28. The Hall–Kier alpha value is -2.66. The van der Waals surface area contributed by atoms with Crippen LogP contribution < -0.4 is 11.6 Å². The van der Waals surface area contributed by atoms with Crippen molar-refractivity contribution in [3.63, 3.8) is 0 Å². The summed E-state index contributed by atoms with van der Waals surface area (Å²) in [5, 5.41) is 0. The molecule has 1 unspecified atom stereocenters. The fourth-order valence-electron chi connectivity index (χ4n) is 2.28. The Labute approximate surface area is 128 Å². The lowest BCUT2D eigenvalue weighted by molar-refractivity contribution is -0.146. The van der Waals surface area contributed by atoms with E-state index in [0.29, 0.717) is 17.7 Å². The molecule has 0 heterocycles. The third-order valence-corrected chi connectivity index (χ3v) is 3.50. The van der Waals surface area contributed by atoms with Crippen molar-refractivity contribution >= 4 is 17.4 Å². The molecule has 0 saturated heterocycles. The highest BCUT2D eigenvalue weighted by molar-refractivity contribution is 5.96. The van der Waals surface area contributed by atoms with Gasteiger partial charge in [-0.2, -0.15) is 5.90 Å². The van der Waals surface area contributed by atoms with Crippen molar-refractivity contribution in [2.75, 3.05) is 5.73 Å². The molecule has 114 valence electrons. The fraction of sp³-hybridized carbons (Fsp3) is 0.176. The Morgan fingerprint density at radius 2 is 1.64 bits per heavy atom. The molecule has 0 radical (unpaired) electrons. The number of benzene rings is 2. The number of ketones is 1. The molecule has 22 heavy (non-hydrogen) atoms. The molecule has 4 N–H and O–H groups in total. The van der Waals surface area contributed by atoms with Crippen LogP contribution in [-0.2, 0) is 9.63 Å².